The van der Waals surface area contributed by atoms with Gasteiger partial charge in [-0.3, -0.25) is 4.79 Å². The van der Waals surface area contributed by atoms with Gasteiger partial charge in [0, 0.05) is 11.8 Å². The summed E-state index contributed by atoms with van der Waals surface area (Å²) in [5.74, 6) is 1.33. The van der Waals surface area contributed by atoms with E-state index in [4.69, 9.17) is 14.2 Å². The largest absolute Gasteiger partial charge is 0.497 e. The lowest BCUT2D eigenvalue weighted by atomic mass is 10.2. The number of rotatable bonds is 5. The van der Waals surface area contributed by atoms with Gasteiger partial charge in [0.25, 0.3) is 0 Å². The molecule has 1 aliphatic heterocycles. The normalized spacial score (nSPS) is 17.3. The lowest BCUT2D eigenvalue weighted by molar-refractivity contribution is -0.151. The van der Waals surface area contributed by atoms with Crippen molar-refractivity contribution in [1.82, 2.24) is 0 Å². The Hall–Kier alpha value is -2.69. The minimum absolute atomic E-state index is 0.230. The monoisotopic (exact) mass is 327 g/mol. The van der Waals surface area contributed by atoms with Gasteiger partial charge in [-0.1, -0.05) is 24.3 Å². The minimum Gasteiger partial charge on any atom is -0.497 e. The second-order valence-corrected chi connectivity index (χ2v) is 5.77. The third-order valence-corrected chi connectivity index (χ3v) is 3.98. The molecule has 0 radical (unpaired) electrons. The molecule has 1 saturated heterocycles. The molecule has 1 aliphatic rings. The van der Waals surface area contributed by atoms with Crippen molar-refractivity contribution in [2.75, 3.05) is 31.7 Å². The van der Waals surface area contributed by atoms with Crippen LogP contribution < -0.4 is 14.4 Å². The first-order chi connectivity index (χ1) is 11.7. The zero-order valence-electron chi connectivity index (χ0n) is 13.9. The third kappa shape index (κ3) is 3.79. The van der Waals surface area contributed by atoms with Crippen LogP contribution in [0.3, 0.4) is 0 Å². The predicted octanol–water partition coefficient (Wildman–Crippen LogP) is 2.81. The molecule has 1 atom stereocenters. The van der Waals surface area contributed by atoms with E-state index in [0.29, 0.717) is 13.2 Å². The maximum Gasteiger partial charge on any atom is 0.326 e. The Bertz CT molecular complexity index is 716. The third-order valence-electron chi connectivity index (χ3n) is 3.98. The smallest absolute Gasteiger partial charge is 0.326 e. The molecule has 1 fully saturated rings. The molecule has 24 heavy (non-hydrogen) atoms. The SMILES string of the molecule is COc1cccc(N2CC(=O)OC(COc3ccccc3C)C2)c1. The Balaban J connectivity index is 1.67. The number of ether oxygens (including phenoxy) is 3. The van der Waals surface area contributed by atoms with E-state index in [1.807, 2.05) is 60.4 Å². The number of cyclic esters (lactones) is 1. The highest BCUT2D eigenvalue weighted by molar-refractivity contribution is 5.77. The summed E-state index contributed by atoms with van der Waals surface area (Å²) in [6.45, 7) is 3.14. The van der Waals surface area contributed by atoms with Gasteiger partial charge >= 0.3 is 5.97 Å². The van der Waals surface area contributed by atoms with Gasteiger partial charge < -0.3 is 19.1 Å². The molecule has 3 rings (SSSR count). The Morgan fingerprint density at radius 1 is 1.21 bits per heavy atom. The number of hydrogen-bond acceptors (Lipinski definition) is 5. The summed E-state index contributed by atoms with van der Waals surface area (Å²) in [7, 11) is 1.63. The fourth-order valence-electron chi connectivity index (χ4n) is 2.72. The van der Waals surface area contributed by atoms with E-state index in [1.165, 1.54) is 0 Å². The number of methoxy groups -OCH3 is 1. The van der Waals surface area contributed by atoms with Gasteiger partial charge in [-0.25, -0.2) is 0 Å². The molecule has 0 bridgehead atoms. The van der Waals surface area contributed by atoms with Crippen molar-refractivity contribution >= 4 is 11.7 Å². The molecule has 5 heteroatoms. The topological polar surface area (TPSA) is 48.0 Å². The number of anilines is 1. The van der Waals surface area contributed by atoms with Gasteiger partial charge in [0.2, 0.25) is 0 Å². The zero-order chi connectivity index (χ0) is 16.9. The van der Waals surface area contributed by atoms with Crippen molar-refractivity contribution in [2.45, 2.75) is 13.0 Å². The Kier molecular flexibility index (Phi) is 4.89. The summed E-state index contributed by atoms with van der Waals surface area (Å²) in [6, 6.07) is 15.5. The van der Waals surface area contributed by atoms with Crippen LogP contribution in [0, 0.1) is 6.92 Å². The van der Waals surface area contributed by atoms with Crippen LogP contribution in [0.4, 0.5) is 5.69 Å². The van der Waals surface area contributed by atoms with Crippen LogP contribution in [0.1, 0.15) is 5.56 Å². The second kappa shape index (κ2) is 7.25. The van der Waals surface area contributed by atoms with E-state index >= 15 is 0 Å². The molecule has 0 amide bonds. The number of para-hydroxylation sites is 1. The van der Waals surface area contributed by atoms with Crippen molar-refractivity contribution in [2.24, 2.45) is 0 Å². The van der Waals surface area contributed by atoms with Gasteiger partial charge in [-0.05, 0) is 30.7 Å². The van der Waals surface area contributed by atoms with E-state index in [1.54, 1.807) is 7.11 Å². The fourth-order valence-corrected chi connectivity index (χ4v) is 2.72. The van der Waals surface area contributed by atoms with E-state index in [9.17, 15) is 4.79 Å². The number of hydrogen-bond donors (Lipinski definition) is 0. The first kappa shape index (κ1) is 16.2. The first-order valence-corrected chi connectivity index (χ1v) is 7.92. The predicted molar refractivity (Wildman–Crippen MR) is 91.8 cm³/mol. The molecule has 0 spiro atoms. The number of carbonyl (C=O) groups excluding carboxylic acids is 1. The highest BCUT2D eigenvalue weighted by Gasteiger charge is 2.27. The highest BCUT2D eigenvalue weighted by Crippen LogP contribution is 2.24. The number of nitrogens with zero attached hydrogens (tertiary/aromatic N) is 1. The molecule has 2 aromatic carbocycles. The molecule has 0 N–H and O–H groups in total. The van der Waals surface area contributed by atoms with Gasteiger partial charge in [0.1, 0.15) is 24.7 Å². The summed E-state index contributed by atoms with van der Waals surface area (Å²) in [5.41, 5.74) is 2.00. The summed E-state index contributed by atoms with van der Waals surface area (Å²) in [4.78, 5) is 13.9. The molecule has 0 aliphatic carbocycles. The Morgan fingerprint density at radius 3 is 2.83 bits per heavy atom. The number of carbonyl (C=O) groups is 1. The quantitative estimate of drug-likeness (QED) is 0.790. The summed E-state index contributed by atoms with van der Waals surface area (Å²) >= 11 is 0. The molecule has 126 valence electrons. The van der Waals surface area contributed by atoms with Gasteiger partial charge in [-0.2, -0.15) is 0 Å². The zero-order valence-corrected chi connectivity index (χ0v) is 13.9. The summed E-state index contributed by atoms with van der Waals surface area (Å²) < 4.78 is 16.5. The molecule has 1 unspecified atom stereocenters. The van der Waals surface area contributed by atoms with Crippen LogP contribution >= 0.6 is 0 Å². The first-order valence-electron chi connectivity index (χ1n) is 7.92. The average Bonchev–Trinajstić information content (AvgIpc) is 2.60. The van der Waals surface area contributed by atoms with Crippen molar-refractivity contribution in [3.05, 3.63) is 54.1 Å². The average molecular weight is 327 g/mol. The van der Waals surface area contributed by atoms with E-state index in [2.05, 4.69) is 0 Å². The van der Waals surface area contributed by atoms with E-state index in [-0.39, 0.29) is 18.6 Å². The van der Waals surface area contributed by atoms with Crippen LogP contribution in [0.5, 0.6) is 11.5 Å². The van der Waals surface area contributed by atoms with Crippen LogP contribution in [0.2, 0.25) is 0 Å². The van der Waals surface area contributed by atoms with Crippen molar-refractivity contribution in [1.29, 1.82) is 0 Å². The molecular formula is C19H21NO4. The maximum absolute atomic E-state index is 11.9. The fraction of sp³-hybridized carbons (Fsp3) is 0.316. The minimum atomic E-state index is -0.308. The van der Waals surface area contributed by atoms with Gasteiger partial charge in [0.15, 0.2) is 6.10 Å². The van der Waals surface area contributed by atoms with Crippen LogP contribution in [-0.2, 0) is 9.53 Å². The Labute approximate surface area is 141 Å². The number of morpholine rings is 1. The second-order valence-electron chi connectivity index (χ2n) is 5.77. The van der Waals surface area contributed by atoms with E-state index < -0.39 is 0 Å². The van der Waals surface area contributed by atoms with Crippen LogP contribution in [-0.4, -0.2) is 38.9 Å². The molecule has 0 aromatic heterocycles. The van der Waals surface area contributed by atoms with E-state index in [0.717, 1.165) is 22.7 Å². The van der Waals surface area contributed by atoms with Crippen molar-refractivity contribution in [3.8, 4) is 11.5 Å². The number of benzene rings is 2. The molecule has 1 heterocycles. The summed E-state index contributed by atoms with van der Waals surface area (Å²) in [5, 5.41) is 0. The molecule has 5 nitrogen and oxygen atoms in total. The van der Waals surface area contributed by atoms with Crippen molar-refractivity contribution < 1.29 is 19.0 Å². The molecular weight excluding hydrogens is 306 g/mol. The molecule has 2 aromatic rings. The van der Waals surface area contributed by atoms with Crippen LogP contribution in [0.25, 0.3) is 0 Å². The molecule has 0 saturated carbocycles. The lowest BCUT2D eigenvalue weighted by Crippen LogP contribution is -2.47. The van der Waals surface area contributed by atoms with Gasteiger partial charge in [-0.15, -0.1) is 0 Å². The highest BCUT2D eigenvalue weighted by atomic mass is 16.6. The van der Waals surface area contributed by atoms with Gasteiger partial charge in [0.05, 0.1) is 13.7 Å². The van der Waals surface area contributed by atoms with Crippen LogP contribution in [0.15, 0.2) is 48.5 Å². The number of esters is 1. The lowest BCUT2D eigenvalue weighted by Gasteiger charge is -2.33. The summed E-state index contributed by atoms with van der Waals surface area (Å²) in [6.07, 6.45) is -0.308. The number of aryl methyl sites for hydroxylation is 1. The standard InChI is InChI=1S/C19H21NO4/c1-14-6-3-4-9-18(14)23-13-17-11-20(12-19(21)24-17)15-7-5-8-16(10-15)22-2/h3-10,17H,11-13H2,1-2H3. The maximum atomic E-state index is 11.9. The van der Waals surface area contributed by atoms with Crippen molar-refractivity contribution in [3.63, 3.8) is 0 Å². The Morgan fingerprint density at radius 2 is 2.04 bits per heavy atom.